The molecule has 0 atom stereocenters. The minimum atomic E-state index is -0.331. The monoisotopic (exact) mass is 444 g/mol. The smallest absolute Gasteiger partial charge is 0.286 e. The number of hydrogen-bond donors (Lipinski definition) is 2. The van der Waals surface area contributed by atoms with Gasteiger partial charge in [0.25, 0.3) is 5.91 Å². The van der Waals surface area contributed by atoms with E-state index >= 15 is 0 Å². The van der Waals surface area contributed by atoms with Crippen molar-refractivity contribution in [2.75, 3.05) is 11.9 Å². The van der Waals surface area contributed by atoms with E-state index in [1.54, 1.807) is 23.9 Å². The van der Waals surface area contributed by atoms with Gasteiger partial charge in [-0.3, -0.25) is 9.59 Å². The first-order valence-corrected chi connectivity index (χ1v) is 9.86. The van der Waals surface area contributed by atoms with E-state index in [9.17, 15) is 9.59 Å². The Bertz CT molecular complexity index is 894. The molecule has 3 aromatic rings. The van der Waals surface area contributed by atoms with Crippen molar-refractivity contribution in [2.24, 2.45) is 0 Å². The first-order chi connectivity index (χ1) is 13.1. The molecule has 0 aliphatic carbocycles. The molecule has 0 unspecified atom stereocenters. The van der Waals surface area contributed by atoms with Crippen molar-refractivity contribution < 1.29 is 14.0 Å². The lowest BCUT2D eigenvalue weighted by atomic mass is 10.3. The summed E-state index contributed by atoms with van der Waals surface area (Å²) in [6, 6.07) is 18.9. The van der Waals surface area contributed by atoms with Crippen LogP contribution >= 0.6 is 27.7 Å². The number of benzene rings is 2. The van der Waals surface area contributed by atoms with Gasteiger partial charge in [0.15, 0.2) is 5.76 Å². The largest absolute Gasteiger partial charge is 0.459 e. The number of carbonyl (C=O) groups excluding carboxylic acids is 2. The van der Waals surface area contributed by atoms with E-state index in [1.807, 2.05) is 48.5 Å². The summed E-state index contributed by atoms with van der Waals surface area (Å²) >= 11 is 5.07. The molecule has 0 radical (unpaired) electrons. The van der Waals surface area contributed by atoms with E-state index < -0.39 is 0 Å². The summed E-state index contributed by atoms with van der Waals surface area (Å²) in [7, 11) is 0. The predicted molar refractivity (Wildman–Crippen MR) is 109 cm³/mol. The van der Waals surface area contributed by atoms with Crippen LogP contribution in [-0.4, -0.2) is 18.4 Å². The van der Waals surface area contributed by atoms with Gasteiger partial charge >= 0.3 is 0 Å². The Morgan fingerprint density at radius 1 is 0.963 bits per heavy atom. The van der Waals surface area contributed by atoms with E-state index in [1.165, 1.54) is 6.26 Å². The van der Waals surface area contributed by atoms with Crippen LogP contribution in [0.5, 0.6) is 0 Å². The summed E-state index contributed by atoms with van der Waals surface area (Å²) in [4.78, 5) is 25.9. The van der Waals surface area contributed by atoms with Crippen LogP contribution in [0.15, 0.2) is 85.6 Å². The van der Waals surface area contributed by atoms with Crippen LogP contribution in [0.4, 0.5) is 5.69 Å². The highest BCUT2D eigenvalue weighted by molar-refractivity contribution is 9.10. The fraction of sp³-hybridized carbons (Fsp3) is 0.100. The van der Waals surface area contributed by atoms with E-state index in [2.05, 4.69) is 26.6 Å². The first kappa shape index (κ1) is 19.3. The molecule has 27 heavy (non-hydrogen) atoms. The lowest BCUT2D eigenvalue weighted by Crippen LogP contribution is -2.27. The van der Waals surface area contributed by atoms with Crippen LogP contribution in [0.1, 0.15) is 17.0 Å². The van der Waals surface area contributed by atoms with Crippen molar-refractivity contribution in [3.8, 4) is 0 Å². The van der Waals surface area contributed by atoms with Crippen molar-refractivity contribution in [2.45, 2.75) is 16.2 Å². The van der Waals surface area contributed by atoms with Crippen LogP contribution in [0, 0.1) is 0 Å². The van der Waals surface area contributed by atoms with Crippen LogP contribution < -0.4 is 10.6 Å². The third kappa shape index (κ3) is 6.01. The minimum Gasteiger partial charge on any atom is -0.459 e. The zero-order valence-electron chi connectivity index (χ0n) is 14.3. The van der Waals surface area contributed by atoms with Gasteiger partial charge in [-0.1, -0.05) is 27.7 Å². The molecule has 138 valence electrons. The van der Waals surface area contributed by atoms with Crippen molar-refractivity contribution in [1.29, 1.82) is 0 Å². The topological polar surface area (TPSA) is 71.3 Å². The highest BCUT2D eigenvalue weighted by Gasteiger charge is 2.09. The zero-order chi connectivity index (χ0) is 19.1. The number of anilines is 1. The fourth-order valence-electron chi connectivity index (χ4n) is 2.25. The maximum absolute atomic E-state index is 12.0. The normalized spacial score (nSPS) is 10.4. The third-order valence-corrected chi connectivity index (χ3v) is 5.11. The highest BCUT2D eigenvalue weighted by atomic mass is 79.9. The van der Waals surface area contributed by atoms with Gasteiger partial charge < -0.3 is 15.1 Å². The fourth-order valence-corrected chi connectivity index (χ4v) is 3.33. The number of halogens is 1. The molecule has 2 aromatic carbocycles. The van der Waals surface area contributed by atoms with Gasteiger partial charge in [-0.15, -0.1) is 0 Å². The molecule has 0 spiro atoms. The zero-order valence-corrected chi connectivity index (χ0v) is 16.7. The summed E-state index contributed by atoms with van der Waals surface area (Å²) in [5.41, 5.74) is 0.720. The van der Waals surface area contributed by atoms with Crippen molar-refractivity contribution >= 4 is 45.2 Å². The molecule has 1 aromatic heterocycles. The third-order valence-electron chi connectivity index (χ3n) is 3.57. The van der Waals surface area contributed by atoms with Crippen LogP contribution in [-0.2, 0) is 4.79 Å². The average molecular weight is 445 g/mol. The second kappa shape index (κ2) is 9.43. The molecule has 0 aliphatic heterocycles. The van der Waals surface area contributed by atoms with E-state index in [-0.39, 0.29) is 30.5 Å². The van der Waals surface area contributed by atoms with Gasteiger partial charge in [0, 0.05) is 32.9 Å². The number of nitrogens with one attached hydrogen (secondary N) is 2. The molecule has 0 saturated carbocycles. The Hall–Kier alpha value is -2.51. The Kier molecular flexibility index (Phi) is 6.73. The Morgan fingerprint density at radius 2 is 1.63 bits per heavy atom. The number of amides is 2. The minimum absolute atomic E-state index is 0.164. The molecule has 7 heteroatoms. The second-order valence-electron chi connectivity index (χ2n) is 5.61. The first-order valence-electron chi connectivity index (χ1n) is 8.25. The van der Waals surface area contributed by atoms with Gasteiger partial charge in [-0.2, -0.15) is 0 Å². The van der Waals surface area contributed by atoms with Crippen molar-refractivity contribution in [1.82, 2.24) is 5.32 Å². The SMILES string of the molecule is O=C(CCNC(=O)c1ccco1)Nc1ccc(Sc2ccc(Br)cc2)cc1. The maximum atomic E-state index is 12.0. The summed E-state index contributed by atoms with van der Waals surface area (Å²) in [6.07, 6.45) is 1.61. The molecular formula is C20H17BrN2O3S. The van der Waals surface area contributed by atoms with Gasteiger partial charge in [0.2, 0.25) is 5.91 Å². The average Bonchev–Trinajstić information content (AvgIpc) is 3.20. The summed E-state index contributed by atoms with van der Waals surface area (Å²) < 4.78 is 6.04. The van der Waals surface area contributed by atoms with Gasteiger partial charge in [0.1, 0.15) is 0 Å². The Labute approximate surface area is 169 Å². The van der Waals surface area contributed by atoms with Gasteiger partial charge in [0.05, 0.1) is 6.26 Å². The molecule has 0 aliphatic rings. The van der Waals surface area contributed by atoms with Gasteiger partial charge in [-0.05, 0) is 60.7 Å². The molecule has 0 bridgehead atoms. The van der Waals surface area contributed by atoms with E-state index in [4.69, 9.17) is 4.42 Å². The van der Waals surface area contributed by atoms with Crippen molar-refractivity contribution in [3.05, 3.63) is 77.2 Å². The molecule has 2 amide bonds. The van der Waals surface area contributed by atoms with Crippen LogP contribution in [0.25, 0.3) is 0 Å². The van der Waals surface area contributed by atoms with Crippen LogP contribution in [0.2, 0.25) is 0 Å². The maximum Gasteiger partial charge on any atom is 0.286 e. The highest BCUT2D eigenvalue weighted by Crippen LogP contribution is 2.29. The number of hydrogen-bond acceptors (Lipinski definition) is 4. The summed E-state index contributed by atoms with van der Waals surface area (Å²) in [5, 5.41) is 5.46. The van der Waals surface area contributed by atoms with E-state index in [0.717, 1.165) is 20.0 Å². The van der Waals surface area contributed by atoms with Crippen molar-refractivity contribution in [3.63, 3.8) is 0 Å². The number of carbonyl (C=O) groups is 2. The Morgan fingerprint density at radius 3 is 2.26 bits per heavy atom. The quantitative estimate of drug-likeness (QED) is 0.540. The summed E-state index contributed by atoms with van der Waals surface area (Å²) in [6.45, 7) is 0.239. The molecule has 1 heterocycles. The lowest BCUT2D eigenvalue weighted by molar-refractivity contribution is -0.116. The molecule has 5 nitrogen and oxygen atoms in total. The lowest BCUT2D eigenvalue weighted by Gasteiger charge is -2.07. The van der Waals surface area contributed by atoms with Gasteiger partial charge in [-0.25, -0.2) is 0 Å². The standard InChI is InChI=1S/C20H17BrN2O3S/c21-14-3-7-16(8-4-14)27-17-9-5-15(6-10-17)23-19(24)11-12-22-20(25)18-2-1-13-26-18/h1-10,13H,11-12H2,(H,22,25)(H,23,24). The molecule has 0 saturated heterocycles. The molecule has 3 rings (SSSR count). The summed E-state index contributed by atoms with van der Waals surface area (Å²) in [5.74, 6) is -0.264. The predicted octanol–water partition coefficient (Wildman–Crippen LogP) is 4.95. The number of rotatable bonds is 7. The second-order valence-corrected chi connectivity index (χ2v) is 7.67. The van der Waals surface area contributed by atoms with Crippen LogP contribution in [0.3, 0.4) is 0 Å². The molecule has 0 fully saturated rings. The Balaban J connectivity index is 1.44. The molecular weight excluding hydrogens is 428 g/mol. The van der Waals surface area contributed by atoms with E-state index in [0.29, 0.717) is 0 Å². The molecule has 2 N–H and O–H groups in total. The number of furan rings is 1.